The topological polar surface area (TPSA) is 9.23 Å². The monoisotopic (exact) mass is 468 g/mol. The van der Waals surface area contributed by atoms with Gasteiger partial charge in [0, 0.05) is 5.56 Å². The molecule has 2 aromatic carbocycles. The molecule has 2 aliphatic carbocycles. The van der Waals surface area contributed by atoms with Crippen LogP contribution in [0.1, 0.15) is 73.6 Å². The third-order valence-corrected chi connectivity index (χ3v) is 6.83. The fraction of sp³-hybridized carbons (Fsp3) is 0.462. The molecule has 0 amide bonds. The molecule has 0 unspecified atom stereocenters. The van der Waals surface area contributed by atoms with Gasteiger partial charge in [-0.2, -0.15) is 0 Å². The van der Waals surface area contributed by atoms with Crippen molar-refractivity contribution < 1.29 is 31.1 Å². The Morgan fingerprint density at radius 3 is 2.15 bits per heavy atom. The number of rotatable bonds is 5. The number of benzene rings is 2. The lowest BCUT2D eigenvalue weighted by Crippen LogP contribution is -2.18. The van der Waals surface area contributed by atoms with Gasteiger partial charge < -0.3 is 4.74 Å². The van der Waals surface area contributed by atoms with E-state index in [1.807, 2.05) is 0 Å². The minimum absolute atomic E-state index is 0.0217. The average Bonchev–Trinajstić information content (AvgIpc) is 2.73. The highest BCUT2D eigenvalue weighted by molar-refractivity contribution is 5.72. The van der Waals surface area contributed by atoms with E-state index in [1.54, 1.807) is 6.08 Å². The Bertz CT molecular complexity index is 1020. The molecule has 0 aliphatic heterocycles. The predicted octanol–water partition coefficient (Wildman–Crippen LogP) is 8.26. The average molecular weight is 468 g/mol. The Balaban J connectivity index is 1.53. The third-order valence-electron chi connectivity index (χ3n) is 6.83. The maximum absolute atomic E-state index is 15.1. The summed E-state index contributed by atoms with van der Waals surface area (Å²) < 4.78 is 85.4. The lowest BCUT2D eigenvalue weighted by molar-refractivity contribution is -0.275. The summed E-state index contributed by atoms with van der Waals surface area (Å²) in [5.74, 6) is -2.56. The number of hydrogen-bond acceptors (Lipinski definition) is 1. The molecule has 2 aromatic rings. The van der Waals surface area contributed by atoms with E-state index < -0.39 is 29.6 Å². The molecule has 0 aromatic heterocycles. The van der Waals surface area contributed by atoms with E-state index in [9.17, 15) is 17.6 Å². The summed E-state index contributed by atoms with van der Waals surface area (Å²) in [5, 5.41) is 0. The van der Waals surface area contributed by atoms with Gasteiger partial charge in [-0.05, 0) is 96.9 Å². The Morgan fingerprint density at radius 2 is 1.55 bits per heavy atom. The molecule has 1 nitrogen and oxygen atoms in total. The van der Waals surface area contributed by atoms with E-state index in [0.29, 0.717) is 28.2 Å². The van der Waals surface area contributed by atoms with E-state index in [1.165, 1.54) is 18.6 Å². The van der Waals surface area contributed by atoms with Crippen LogP contribution in [0.2, 0.25) is 0 Å². The molecule has 0 radical (unpaired) electrons. The van der Waals surface area contributed by atoms with Gasteiger partial charge in [0.1, 0.15) is 11.6 Å². The highest BCUT2D eigenvalue weighted by atomic mass is 19.4. The fourth-order valence-electron chi connectivity index (χ4n) is 5.22. The summed E-state index contributed by atoms with van der Waals surface area (Å²) >= 11 is 0. The molecule has 0 saturated heterocycles. The molecule has 0 spiro atoms. The van der Waals surface area contributed by atoms with Gasteiger partial charge >= 0.3 is 6.36 Å². The standard InChI is InChI=1S/C26H26F6O/c1-2-3-15-4-6-16(7-5-15)20-12-22(28)25(23(29)13-20)18-9-8-17-14-24(33-26(30,31)32)21(27)11-19(17)10-18/h9,11-16H,2-8,10H2,1H3. The molecule has 1 saturated carbocycles. The number of allylic oxidation sites excluding steroid dienone is 2. The van der Waals surface area contributed by atoms with Crippen molar-refractivity contribution in [1.82, 2.24) is 0 Å². The van der Waals surface area contributed by atoms with Crippen molar-refractivity contribution in [1.29, 1.82) is 0 Å². The first-order chi connectivity index (χ1) is 15.6. The second-order valence-corrected chi connectivity index (χ2v) is 9.08. The van der Waals surface area contributed by atoms with Crippen LogP contribution in [-0.2, 0) is 12.8 Å². The van der Waals surface area contributed by atoms with Crippen LogP contribution >= 0.6 is 0 Å². The van der Waals surface area contributed by atoms with Crippen LogP contribution in [0.15, 0.2) is 30.3 Å². The van der Waals surface area contributed by atoms with E-state index in [0.717, 1.165) is 44.2 Å². The van der Waals surface area contributed by atoms with Gasteiger partial charge in [0.05, 0.1) is 0 Å². The first kappa shape index (κ1) is 23.7. The molecule has 2 aliphatic rings. The number of hydrogen-bond donors (Lipinski definition) is 0. The molecule has 4 rings (SSSR count). The van der Waals surface area contributed by atoms with Crippen LogP contribution in [0.5, 0.6) is 5.75 Å². The highest BCUT2D eigenvalue weighted by Crippen LogP contribution is 2.40. The number of ether oxygens (including phenoxy) is 1. The number of alkyl halides is 3. The van der Waals surface area contributed by atoms with Crippen LogP contribution in [-0.4, -0.2) is 6.36 Å². The minimum Gasteiger partial charge on any atom is -0.403 e. The molecule has 1 fully saturated rings. The van der Waals surface area contributed by atoms with Gasteiger partial charge in [-0.1, -0.05) is 25.8 Å². The van der Waals surface area contributed by atoms with Crippen molar-refractivity contribution in [3.63, 3.8) is 0 Å². The highest BCUT2D eigenvalue weighted by Gasteiger charge is 2.33. The second kappa shape index (κ2) is 9.43. The van der Waals surface area contributed by atoms with Crippen molar-refractivity contribution in [2.75, 3.05) is 0 Å². The molecule has 0 atom stereocenters. The third kappa shape index (κ3) is 5.39. The van der Waals surface area contributed by atoms with Crippen LogP contribution in [0.25, 0.3) is 5.57 Å². The summed E-state index contributed by atoms with van der Waals surface area (Å²) in [6, 6.07) is 4.75. The maximum Gasteiger partial charge on any atom is 0.573 e. The predicted molar refractivity (Wildman–Crippen MR) is 114 cm³/mol. The lowest BCUT2D eigenvalue weighted by Gasteiger charge is -2.29. The Kier molecular flexibility index (Phi) is 6.78. The van der Waals surface area contributed by atoms with Crippen LogP contribution in [0, 0.1) is 23.4 Å². The molecule has 33 heavy (non-hydrogen) atoms. The van der Waals surface area contributed by atoms with Gasteiger partial charge in [-0.15, -0.1) is 13.2 Å². The number of halogens is 6. The lowest BCUT2D eigenvalue weighted by atomic mass is 9.77. The molecule has 0 heterocycles. The van der Waals surface area contributed by atoms with E-state index in [-0.39, 0.29) is 24.3 Å². The maximum atomic E-state index is 15.1. The molecular weight excluding hydrogens is 442 g/mol. The van der Waals surface area contributed by atoms with Crippen molar-refractivity contribution in [3.8, 4) is 5.75 Å². The SMILES string of the molecule is CCCC1CCC(c2cc(F)c(C3=CCc4cc(OC(F)(F)F)c(F)cc4C3)c(F)c2)CC1. The van der Waals surface area contributed by atoms with Crippen molar-refractivity contribution in [2.24, 2.45) is 5.92 Å². The van der Waals surface area contributed by atoms with E-state index in [4.69, 9.17) is 0 Å². The second-order valence-electron chi connectivity index (χ2n) is 9.08. The van der Waals surface area contributed by atoms with Crippen LogP contribution in [0.4, 0.5) is 26.3 Å². The zero-order valence-corrected chi connectivity index (χ0v) is 18.4. The van der Waals surface area contributed by atoms with Crippen molar-refractivity contribution in [3.05, 3.63) is 70.0 Å². The van der Waals surface area contributed by atoms with Gasteiger partial charge in [0.25, 0.3) is 0 Å². The first-order valence-corrected chi connectivity index (χ1v) is 11.4. The Labute approximate surface area is 189 Å². The smallest absolute Gasteiger partial charge is 0.403 e. The summed E-state index contributed by atoms with van der Waals surface area (Å²) in [4.78, 5) is 0. The minimum atomic E-state index is -5.01. The van der Waals surface area contributed by atoms with Gasteiger partial charge in [0.15, 0.2) is 11.6 Å². The Morgan fingerprint density at radius 1 is 0.879 bits per heavy atom. The van der Waals surface area contributed by atoms with Gasteiger partial charge in [-0.25, -0.2) is 13.2 Å². The fourth-order valence-corrected chi connectivity index (χ4v) is 5.22. The molecular formula is C26H26F6O. The van der Waals surface area contributed by atoms with Crippen molar-refractivity contribution >= 4 is 5.57 Å². The summed E-state index contributed by atoms with van der Waals surface area (Å²) in [5.41, 5.74) is 1.69. The zero-order valence-electron chi connectivity index (χ0n) is 18.4. The van der Waals surface area contributed by atoms with E-state index >= 15 is 8.78 Å². The molecule has 178 valence electrons. The quantitative estimate of drug-likeness (QED) is 0.402. The first-order valence-electron chi connectivity index (χ1n) is 11.4. The zero-order chi connectivity index (χ0) is 23.8. The molecule has 0 N–H and O–H groups in total. The number of fused-ring (bicyclic) bond motifs is 1. The van der Waals surface area contributed by atoms with Gasteiger partial charge in [0.2, 0.25) is 0 Å². The molecule has 0 bridgehead atoms. The van der Waals surface area contributed by atoms with Gasteiger partial charge in [-0.3, -0.25) is 0 Å². The molecule has 7 heteroatoms. The normalized spacial score (nSPS) is 20.9. The van der Waals surface area contributed by atoms with Crippen molar-refractivity contribution in [2.45, 2.75) is 70.6 Å². The van der Waals surface area contributed by atoms with Crippen LogP contribution in [0.3, 0.4) is 0 Å². The Hall–Kier alpha value is -2.44. The summed E-state index contributed by atoms with van der Waals surface area (Å²) in [6.45, 7) is 2.16. The summed E-state index contributed by atoms with van der Waals surface area (Å²) in [7, 11) is 0. The van der Waals surface area contributed by atoms with E-state index in [2.05, 4.69) is 11.7 Å². The largest absolute Gasteiger partial charge is 0.573 e. The summed E-state index contributed by atoms with van der Waals surface area (Å²) in [6.07, 6.45) is 3.02. The van der Waals surface area contributed by atoms with Crippen LogP contribution < -0.4 is 4.74 Å².